The summed E-state index contributed by atoms with van der Waals surface area (Å²) in [6, 6.07) is 0.295. The first-order valence-corrected chi connectivity index (χ1v) is 9.75. The Labute approximate surface area is 153 Å². The van der Waals surface area contributed by atoms with Crippen LogP contribution in [0.1, 0.15) is 29.4 Å². The van der Waals surface area contributed by atoms with E-state index in [4.69, 9.17) is 4.42 Å². The summed E-state index contributed by atoms with van der Waals surface area (Å²) >= 11 is 2.74. The highest BCUT2D eigenvalue weighted by Gasteiger charge is 2.24. The summed E-state index contributed by atoms with van der Waals surface area (Å²) in [7, 11) is 1.61. The first-order chi connectivity index (χ1) is 12.0. The Morgan fingerprint density at radius 3 is 2.92 bits per heavy atom. The van der Waals surface area contributed by atoms with Crippen LogP contribution in [-0.2, 0) is 16.0 Å². The molecular formula is C15H19N5O3S2. The Hall–Kier alpha value is -1.94. The van der Waals surface area contributed by atoms with E-state index in [1.165, 1.54) is 16.7 Å². The quantitative estimate of drug-likeness (QED) is 0.687. The fourth-order valence-corrected chi connectivity index (χ4v) is 3.38. The van der Waals surface area contributed by atoms with Gasteiger partial charge < -0.3 is 14.6 Å². The van der Waals surface area contributed by atoms with Crippen LogP contribution in [0.15, 0.2) is 15.0 Å². The number of carbonyl (C=O) groups excluding carboxylic acids is 2. The third-order valence-corrected chi connectivity index (χ3v) is 5.14. The van der Waals surface area contributed by atoms with E-state index >= 15 is 0 Å². The summed E-state index contributed by atoms with van der Waals surface area (Å²) in [5, 5.41) is 14.0. The predicted molar refractivity (Wildman–Crippen MR) is 93.5 cm³/mol. The van der Waals surface area contributed by atoms with E-state index in [9.17, 15) is 9.59 Å². The Bertz CT molecular complexity index is 756. The van der Waals surface area contributed by atoms with Crippen LogP contribution in [0.3, 0.4) is 0 Å². The minimum atomic E-state index is -0.161. The normalized spacial score (nSPS) is 13.7. The molecule has 0 radical (unpaired) electrons. The molecule has 0 saturated heterocycles. The van der Waals surface area contributed by atoms with Gasteiger partial charge in [0.05, 0.1) is 29.4 Å². The zero-order valence-corrected chi connectivity index (χ0v) is 15.7. The van der Waals surface area contributed by atoms with Crippen LogP contribution in [0.4, 0.5) is 0 Å². The van der Waals surface area contributed by atoms with E-state index < -0.39 is 0 Å². The Morgan fingerprint density at radius 1 is 1.44 bits per heavy atom. The fourth-order valence-electron chi connectivity index (χ4n) is 2.05. The molecule has 10 heteroatoms. The summed E-state index contributed by atoms with van der Waals surface area (Å²) in [6.07, 6.45) is 2.53. The number of amides is 2. The predicted octanol–water partition coefficient (Wildman–Crippen LogP) is 1.25. The maximum Gasteiger partial charge on any atom is 0.277 e. The maximum atomic E-state index is 12.1. The van der Waals surface area contributed by atoms with Crippen molar-refractivity contribution in [2.75, 3.05) is 19.3 Å². The molecule has 2 aromatic heterocycles. The van der Waals surface area contributed by atoms with Crippen molar-refractivity contribution in [2.24, 2.45) is 0 Å². The third kappa shape index (κ3) is 5.53. The minimum absolute atomic E-state index is 0.0636. The molecule has 1 aliphatic carbocycles. The molecule has 0 spiro atoms. The molecule has 0 aromatic carbocycles. The zero-order valence-electron chi connectivity index (χ0n) is 14.0. The topological polar surface area (TPSA) is 101 Å². The largest absolute Gasteiger partial charge is 0.416 e. The van der Waals surface area contributed by atoms with Gasteiger partial charge in [-0.1, -0.05) is 11.8 Å². The molecule has 1 fully saturated rings. The highest BCUT2D eigenvalue weighted by molar-refractivity contribution is 7.99. The maximum absolute atomic E-state index is 12.1. The lowest BCUT2D eigenvalue weighted by molar-refractivity contribution is -0.132. The van der Waals surface area contributed by atoms with Crippen molar-refractivity contribution in [3.05, 3.63) is 22.0 Å². The second-order valence-electron chi connectivity index (χ2n) is 5.88. The molecule has 0 bridgehead atoms. The number of rotatable bonds is 8. The summed E-state index contributed by atoms with van der Waals surface area (Å²) in [5.41, 5.74) is 0.889. The van der Waals surface area contributed by atoms with Crippen LogP contribution in [0.25, 0.3) is 0 Å². The van der Waals surface area contributed by atoms with Crippen molar-refractivity contribution in [1.82, 2.24) is 25.4 Å². The van der Waals surface area contributed by atoms with Crippen LogP contribution < -0.4 is 5.32 Å². The number of thioether (sulfide) groups is 1. The number of aryl methyl sites for hydroxylation is 1. The molecule has 25 heavy (non-hydrogen) atoms. The Kier molecular flexibility index (Phi) is 5.69. The minimum Gasteiger partial charge on any atom is -0.416 e. The first kappa shape index (κ1) is 17.9. The zero-order chi connectivity index (χ0) is 17.8. The van der Waals surface area contributed by atoms with Crippen molar-refractivity contribution in [1.29, 1.82) is 0 Å². The van der Waals surface area contributed by atoms with Crippen LogP contribution in [-0.4, -0.2) is 57.3 Å². The van der Waals surface area contributed by atoms with Gasteiger partial charge >= 0.3 is 0 Å². The summed E-state index contributed by atoms with van der Waals surface area (Å²) < 4.78 is 5.52. The van der Waals surface area contributed by atoms with Gasteiger partial charge in [0, 0.05) is 18.5 Å². The Morgan fingerprint density at radius 2 is 2.24 bits per heavy atom. The second-order valence-corrected chi connectivity index (χ2v) is 7.87. The highest BCUT2D eigenvalue weighted by Crippen LogP contribution is 2.19. The smallest absolute Gasteiger partial charge is 0.277 e. The van der Waals surface area contributed by atoms with E-state index in [-0.39, 0.29) is 24.1 Å². The Balaban J connectivity index is 1.42. The van der Waals surface area contributed by atoms with Gasteiger partial charge in [-0.25, -0.2) is 4.98 Å². The molecule has 0 aliphatic heterocycles. The second kappa shape index (κ2) is 7.96. The van der Waals surface area contributed by atoms with Crippen LogP contribution in [0.5, 0.6) is 0 Å². The average Bonchev–Trinajstić information content (AvgIpc) is 3.10. The van der Waals surface area contributed by atoms with E-state index in [0.717, 1.165) is 23.5 Å². The SMILES string of the molecule is Cc1nc(Cc2nnc(SCC(=O)N(C)CC(=O)NC3CC3)o2)cs1. The molecule has 0 atom stereocenters. The van der Waals surface area contributed by atoms with E-state index in [1.807, 2.05) is 12.3 Å². The number of nitrogens with zero attached hydrogens (tertiary/aromatic N) is 4. The molecule has 1 N–H and O–H groups in total. The molecular weight excluding hydrogens is 362 g/mol. The monoisotopic (exact) mass is 381 g/mol. The molecule has 1 aliphatic rings. The number of likely N-dealkylation sites (N-methyl/N-ethyl adjacent to an activating group) is 1. The van der Waals surface area contributed by atoms with Crippen LogP contribution in [0, 0.1) is 6.92 Å². The average molecular weight is 381 g/mol. The summed E-state index contributed by atoms with van der Waals surface area (Å²) in [5.74, 6) is 0.329. The van der Waals surface area contributed by atoms with Gasteiger partial charge in [-0.3, -0.25) is 9.59 Å². The number of carbonyl (C=O) groups is 2. The van der Waals surface area contributed by atoms with Crippen molar-refractivity contribution in [2.45, 2.75) is 37.5 Å². The molecule has 1 saturated carbocycles. The number of thiazole rings is 1. The van der Waals surface area contributed by atoms with Gasteiger partial charge in [0.2, 0.25) is 17.7 Å². The number of nitrogens with one attached hydrogen (secondary N) is 1. The lowest BCUT2D eigenvalue weighted by Gasteiger charge is -2.15. The number of aromatic nitrogens is 3. The molecule has 2 heterocycles. The van der Waals surface area contributed by atoms with Gasteiger partial charge in [0.15, 0.2) is 0 Å². The van der Waals surface area contributed by atoms with Crippen LogP contribution >= 0.6 is 23.1 Å². The molecule has 3 rings (SSSR count). The molecule has 2 aromatic rings. The standard InChI is InChI=1S/C15H19N5O3S2/c1-9-16-11(7-24-9)5-13-18-19-15(23-13)25-8-14(22)20(2)6-12(21)17-10-3-4-10/h7,10H,3-6,8H2,1-2H3,(H,17,21). The van der Waals surface area contributed by atoms with E-state index in [0.29, 0.717) is 23.6 Å². The van der Waals surface area contributed by atoms with Gasteiger partial charge in [-0.15, -0.1) is 21.5 Å². The van der Waals surface area contributed by atoms with Gasteiger partial charge in [0.1, 0.15) is 0 Å². The van der Waals surface area contributed by atoms with Gasteiger partial charge in [-0.2, -0.15) is 0 Å². The van der Waals surface area contributed by atoms with E-state index in [2.05, 4.69) is 20.5 Å². The molecule has 8 nitrogen and oxygen atoms in total. The fraction of sp³-hybridized carbons (Fsp3) is 0.533. The lowest BCUT2D eigenvalue weighted by Crippen LogP contribution is -2.39. The van der Waals surface area contributed by atoms with Crippen molar-refractivity contribution < 1.29 is 14.0 Å². The van der Waals surface area contributed by atoms with Gasteiger partial charge in [-0.05, 0) is 19.8 Å². The lowest BCUT2D eigenvalue weighted by atomic mass is 10.3. The van der Waals surface area contributed by atoms with Crippen LogP contribution in [0.2, 0.25) is 0 Å². The molecule has 2 amide bonds. The molecule has 0 unspecified atom stereocenters. The summed E-state index contributed by atoms with van der Waals surface area (Å²) in [4.78, 5) is 29.5. The first-order valence-electron chi connectivity index (χ1n) is 7.89. The molecule has 134 valence electrons. The summed E-state index contributed by atoms with van der Waals surface area (Å²) in [6.45, 7) is 2.00. The highest BCUT2D eigenvalue weighted by atomic mass is 32.2. The van der Waals surface area contributed by atoms with E-state index in [1.54, 1.807) is 18.4 Å². The van der Waals surface area contributed by atoms with Crippen molar-refractivity contribution >= 4 is 34.9 Å². The number of hydrogen-bond acceptors (Lipinski definition) is 8. The van der Waals surface area contributed by atoms with Crippen molar-refractivity contribution in [3.8, 4) is 0 Å². The van der Waals surface area contributed by atoms with Crippen molar-refractivity contribution in [3.63, 3.8) is 0 Å². The van der Waals surface area contributed by atoms with Gasteiger partial charge in [0.25, 0.3) is 5.22 Å². The number of hydrogen-bond donors (Lipinski definition) is 1. The third-order valence-electron chi connectivity index (χ3n) is 3.52.